The number of rotatable bonds is 9. The van der Waals surface area contributed by atoms with Crippen molar-refractivity contribution in [1.29, 1.82) is 0 Å². The van der Waals surface area contributed by atoms with Crippen LogP contribution in [0.15, 0.2) is 58.4 Å². The predicted molar refractivity (Wildman–Crippen MR) is 173 cm³/mol. The van der Waals surface area contributed by atoms with E-state index < -0.39 is 46.3 Å². The lowest BCUT2D eigenvalue weighted by Crippen LogP contribution is -2.68. The molecule has 2 fully saturated rings. The molecule has 2 bridgehead atoms. The quantitative estimate of drug-likeness (QED) is 0.164. The van der Waals surface area contributed by atoms with Gasteiger partial charge in [-0.15, -0.1) is 0 Å². The number of aliphatic hydroxyl groups is 2. The van der Waals surface area contributed by atoms with Crippen LogP contribution in [0.2, 0.25) is 0 Å². The third kappa shape index (κ3) is 5.55. The summed E-state index contributed by atoms with van der Waals surface area (Å²) in [4.78, 5) is 45.0. The molecule has 2 saturated carbocycles. The van der Waals surface area contributed by atoms with Crippen LogP contribution in [-0.2, 0) is 19.1 Å². The van der Waals surface area contributed by atoms with Gasteiger partial charge in [-0.05, 0) is 104 Å². The highest BCUT2D eigenvalue weighted by Crippen LogP contribution is 2.69. The molecule has 6 nitrogen and oxygen atoms in total. The highest BCUT2D eigenvalue weighted by atomic mass is 16.5. The van der Waals surface area contributed by atoms with Gasteiger partial charge in [-0.25, -0.2) is 0 Å². The standard InChI is InChI=1S/C38H54O6/c1-21(2)11-13-25(24(7)8)19-37-20-26(14-12-22(3)4)36(9,10)38(35(37)43,16-15-23(5)6)34-31(33(37)42)32(41)27-17-28(39)29(40)18-30(27)44-34/h11-12,15,25-30,39-40H,7,13-14,16-20H2,1-6,8-10H3/t25-,26-,27?,28?,29?,30?,37-,38+/m1/s1. The van der Waals surface area contributed by atoms with E-state index in [0.29, 0.717) is 32.1 Å². The van der Waals surface area contributed by atoms with Crippen LogP contribution in [0, 0.1) is 34.0 Å². The molecule has 8 atom stereocenters. The van der Waals surface area contributed by atoms with E-state index >= 15 is 9.59 Å². The molecule has 4 aliphatic rings. The summed E-state index contributed by atoms with van der Waals surface area (Å²) in [6.45, 7) is 22.6. The van der Waals surface area contributed by atoms with Gasteiger partial charge in [0.1, 0.15) is 17.4 Å². The molecule has 4 unspecified atom stereocenters. The number of fused-ring (bicyclic) bond motifs is 4. The number of carbonyl (C=O) groups excluding carboxylic acids is 3. The van der Waals surface area contributed by atoms with Crippen LogP contribution in [0.4, 0.5) is 0 Å². The zero-order valence-electron chi connectivity index (χ0n) is 28.4. The van der Waals surface area contributed by atoms with Gasteiger partial charge in [-0.1, -0.05) is 60.9 Å². The first-order chi connectivity index (χ1) is 20.4. The van der Waals surface area contributed by atoms with Crippen molar-refractivity contribution >= 4 is 17.3 Å². The van der Waals surface area contributed by atoms with E-state index in [-0.39, 0.29) is 47.6 Å². The van der Waals surface area contributed by atoms with Gasteiger partial charge in [0.15, 0.2) is 17.3 Å². The minimum absolute atomic E-state index is 0.0213. The minimum atomic E-state index is -1.40. The summed E-state index contributed by atoms with van der Waals surface area (Å²) in [5.74, 6) is -1.60. The summed E-state index contributed by atoms with van der Waals surface area (Å²) < 4.78 is 6.71. The third-order valence-electron chi connectivity index (χ3n) is 11.3. The molecule has 0 aromatic rings. The molecule has 0 saturated heterocycles. The lowest BCUT2D eigenvalue weighted by atomic mass is 9.39. The van der Waals surface area contributed by atoms with Gasteiger partial charge in [0.2, 0.25) is 0 Å². The number of ether oxygens (including phenoxy) is 1. The molecule has 1 heterocycles. The second-order valence-electron chi connectivity index (χ2n) is 15.5. The van der Waals surface area contributed by atoms with Crippen molar-refractivity contribution in [2.45, 2.75) is 126 Å². The molecule has 0 aromatic carbocycles. The number of allylic oxidation sites excluding steroid dienone is 9. The zero-order valence-corrected chi connectivity index (χ0v) is 28.4. The summed E-state index contributed by atoms with van der Waals surface area (Å²) in [6.07, 6.45) is 6.00. The molecule has 0 spiro atoms. The van der Waals surface area contributed by atoms with E-state index in [1.807, 2.05) is 40.7 Å². The SMILES string of the molecule is C=C(C)[C@H](CC=C(C)C)C[C@]12C[C@@H](CC=C(C)C)C(C)(C)[C@](CC=C(C)C)(C1=O)C1=C(C(=O)C3CC(O)C(O)CC3O1)C2=O. The third-order valence-corrected chi connectivity index (χ3v) is 11.3. The molecule has 0 amide bonds. The van der Waals surface area contributed by atoms with Gasteiger partial charge in [-0.2, -0.15) is 0 Å². The Kier molecular flexibility index (Phi) is 9.61. The summed E-state index contributed by atoms with van der Waals surface area (Å²) >= 11 is 0. The fourth-order valence-corrected chi connectivity index (χ4v) is 8.31. The van der Waals surface area contributed by atoms with Crippen molar-refractivity contribution < 1.29 is 29.3 Å². The molecule has 4 rings (SSSR count). The lowest BCUT2D eigenvalue weighted by molar-refractivity contribution is -0.182. The predicted octanol–water partition coefficient (Wildman–Crippen LogP) is 7.16. The van der Waals surface area contributed by atoms with Crippen LogP contribution < -0.4 is 0 Å². The second-order valence-corrected chi connectivity index (χ2v) is 15.5. The largest absolute Gasteiger partial charge is 0.492 e. The molecular weight excluding hydrogens is 552 g/mol. The van der Waals surface area contributed by atoms with Crippen LogP contribution in [-0.4, -0.2) is 45.9 Å². The molecule has 0 aromatic heterocycles. The number of ketones is 3. The maximum absolute atomic E-state index is 15.5. The number of aliphatic hydroxyl groups excluding tert-OH is 2. The number of hydrogen-bond donors (Lipinski definition) is 2. The van der Waals surface area contributed by atoms with Crippen molar-refractivity contribution in [2.75, 3.05) is 0 Å². The molecular formula is C38H54O6. The number of Topliss-reactive ketones (excluding diaryl/α,β-unsaturated/α-hetero) is 3. The van der Waals surface area contributed by atoms with E-state index in [1.165, 1.54) is 5.57 Å². The van der Waals surface area contributed by atoms with E-state index in [4.69, 9.17) is 4.74 Å². The van der Waals surface area contributed by atoms with E-state index in [2.05, 4.69) is 46.4 Å². The fourth-order valence-electron chi connectivity index (χ4n) is 8.31. The van der Waals surface area contributed by atoms with Gasteiger partial charge in [-0.3, -0.25) is 14.4 Å². The molecule has 1 aliphatic heterocycles. The Bertz CT molecular complexity index is 1340. The van der Waals surface area contributed by atoms with Gasteiger partial charge < -0.3 is 14.9 Å². The second kappa shape index (κ2) is 12.3. The van der Waals surface area contributed by atoms with Crippen LogP contribution >= 0.6 is 0 Å². The molecule has 2 N–H and O–H groups in total. The Hall–Kier alpha value is -2.57. The Morgan fingerprint density at radius 1 is 0.932 bits per heavy atom. The highest BCUT2D eigenvalue weighted by molar-refractivity contribution is 6.32. The van der Waals surface area contributed by atoms with Crippen molar-refractivity contribution in [1.82, 2.24) is 0 Å². The van der Waals surface area contributed by atoms with Crippen LogP contribution in [0.25, 0.3) is 0 Å². The first kappa shape index (κ1) is 34.3. The Balaban J connectivity index is 2.04. The Labute approximate surface area is 264 Å². The van der Waals surface area contributed by atoms with E-state index in [0.717, 1.165) is 16.7 Å². The van der Waals surface area contributed by atoms with Crippen molar-refractivity contribution in [3.05, 3.63) is 58.4 Å². The average Bonchev–Trinajstić information content (AvgIpc) is 2.91. The molecule has 44 heavy (non-hydrogen) atoms. The Morgan fingerprint density at radius 3 is 2.09 bits per heavy atom. The van der Waals surface area contributed by atoms with Gasteiger partial charge in [0, 0.05) is 6.42 Å². The van der Waals surface area contributed by atoms with E-state index in [1.54, 1.807) is 0 Å². The summed E-state index contributed by atoms with van der Waals surface area (Å²) in [6, 6.07) is 0. The maximum atomic E-state index is 15.5. The lowest BCUT2D eigenvalue weighted by Gasteiger charge is -2.63. The molecule has 3 aliphatic carbocycles. The highest BCUT2D eigenvalue weighted by Gasteiger charge is 2.74. The van der Waals surface area contributed by atoms with Crippen molar-refractivity contribution in [2.24, 2.45) is 34.0 Å². The number of hydrogen-bond acceptors (Lipinski definition) is 6. The molecule has 242 valence electrons. The van der Waals surface area contributed by atoms with Gasteiger partial charge >= 0.3 is 0 Å². The molecule has 6 heteroatoms. The summed E-state index contributed by atoms with van der Waals surface area (Å²) in [7, 11) is 0. The topological polar surface area (TPSA) is 101 Å². The average molecular weight is 607 g/mol. The smallest absolute Gasteiger partial charge is 0.183 e. The zero-order chi connectivity index (χ0) is 32.9. The summed E-state index contributed by atoms with van der Waals surface area (Å²) in [5.41, 5.74) is 0.993. The molecule has 0 radical (unpaired) electrons. The Morgan fingerprint density at radius 2 is 1.52 bits per heavy atom. The monoisotopic (exact) mass is 606 g/mol. The van der Waals surface area contributed by atoms with Gasteiger partial charge in [0.25, 0.3) is 0 Å². The van der Waals surface area contributed by atoms with Crippen molar-refractivity contribution in [3.8, 4) is 0 Å². The maximum Gasteiger partial charge on any atom is 0.183 e. The first-order valence-electron chi connectivity index (χ1n) is 16.4. The van der Waals surface area contributed by atoms with Gasteiger partial charge in [0.05, 0.1) is 29.0 Å². The summed E-state index contributed by atoms with van der Waals surface area (Å²) in [5, 5.41) is 21.1. The first-order valence-corrected chi connectivity index (χ1v) is 16.4. The minimum Gasteiger partial charge on any atom is -0.492 e. The van der Waals surface area contributed by atoms with Crippen LogP contribution in [0.1, 0.15) is 107 Å². The van der Waals surface area contributed by atoms with Crippen LogP contribution in [0.5, 0.6) is 0 Å². The number of carbonyl (C=O) groups is 3. The van der Waals surface area contributed by atoms with Crippen molar-refractivity contribution in [3.63, 3.8) is 0 Å². The normalized spacial score (nSPS) is 34.7. The van der Waals surface area contributed by atoms with E-state index in [9.17, 15) is 15.0 Å². The van der Waals surface area contributed by atoms with Crippen LogP contribution in [0.3, 0.4) is 0 Å². The fraction of sp³-hybridized carbons (Fsp3) is 0.658.